The van der Waals surface area contributed by atoms with Crippen LogP contribution in [0.4, 0.5) is 0 Å². The maximum atomic E-state index is 12.4. The van der Waals surface area contributed by atoms with Crippen molar-refractivity contribution in [2.75, 3.05) is 13.1 Å². The molecule has 2 aromatic carbocycles. The Morgan fingerprint density at radius 1 is 0.913 bits per heavy atom. The quantitative estimate of drug-likeness (QED) is 0.858. The summed E-state index contributed by atoms with van der Waals surface area (Å²) in [6.07, 6.45) is 4.39. The van der Waals surface area contributed by atoms with E-state index in [0.717, 1.165) is 12.0 Å². The summed E-state index contributed by atoms with van der Waals surface area (Å²) in [4.78, 5) is 0. The summed E-state index contributed by atoms with van der Waals surface area (Å²) >= 11 is 0. The summed E-state index contributed by atoms with van der Waals surface area (Å²) in [5.74, 6) is 0. The molecule has 1 heterocycles. The van der Waals surface area contributed by atoms with E-state index in [1.54, 1.807) is 6.08 Å². The average molecular weight is 325 g/mol. The van der Waals surface area contributed by atoms with E-state index >= 15 is 0 Å². The van der Waals surface area contributed by atoms with Gasteiger partial charge in [0.25, 0.3) is 0 Å². The highest BCUT2D eigenvalue weighted by Gasteiger charge is 2.22. The molecule has 0 N–H and O–H groups in total. The first-order chi connectivity index (χ1) is 11.1. The largest absolute Gasteiger partial charge is 0.236 e. The summed E-state index contributed by atoms with van der Waals surface area (Å²) in [5, 5.41) is 1.30. The average Bonchev–Trinajstić information content (AvgIpc) is 2.62. The Kier molecular flexibility index (Phi) is 4.74. The second kappa shape index (κ2) is 6.94. The second-order valence-corrected chi connectivity index (χ2v) is 7.28. The molecule has 2 aromatic rings. The van der Waals surface area contributed by atoms with Crippen molar-refractivity contribution >= 4 is 21.7 Å². The van der Waals surface area contributed by atoms with E-state index in [4.69, 9.17) is 0 Å². The van der Waals surface area contributed by atoms with Crippen molar-refractivity contribution in [3.05, 3.63) is 83.3 Å². The molecule has 0 fully saturated rings. The van der Waals surface area contributed by atoms with E-state index in [2.05, 4.69) is 12.1 Å². The first-order valence-corrected chi connectivity index (χ1v) is 9.13. The normalized spacial score (nSPS) is 16.4. The molecule has 0 radical (unpaired) electrons. The van der Waals surface area contributed by atoms with E-state index in [-0.39, 0.29) is 0 Å². The molecule has 0 bridgehead atoms. The molecule has 0 aliphatic carbocycles. The summed E-state index contributed by atoms with van der Waals surface area (Å²) in [6.45, 7) is 0.938. The lowest BCUT2D eigenvalue weighted by molar-refractivity contribution is 0.448. The van der Waals surface area contributed by atoms with Gasteiger partial charge in [-0.15, -0.1) is 0 Å². The van der Waals surface area contributed by atoms with Gasteiger partial charge in [-0.05, 0) is 29.2 Å². The van der Waals surface area contributed by atoms with Gasteiger partial charge in [0.15, 0.2) is 0 Å². The van der Waals surface area contributed by atoms with Gasteiger partial charge < -0.3 is 0 Å². The zero-order chi connectivity index (χ0) is 16.1. The third-order valence-corrected chi connectivity index (χ3v) is 5.44. The topological polar surface area (TPSA) is 37.4 Å². The van der Waals surface area contributed by atoms with Gasteiger partial charge >= 0.3 is 0 Å². The zero-order valence-corrected chi connectivity index (χ0v) is 13.6. The summed E-state index contributed by atoms with van der Waals surface area (Å²) in [7, 11) is -3.38. The van der Waals surface area contributed by atoms with Gasteiger partial charge in [-0.2, -0.15) is 4.31 Å². The first kappa shape index (κ1) is 15.7. The number of hydrogen-bond donors (Lipinski definition) is 0. The van der Waals surface area contributed by atoms with Crippen LogP contribution < -0.4 is 0 Å². The van der Waals surface area contributed by atoms with Crippen LogP contribution in [-0.2, 0) is 10.0 Å². The SMILES string of the molecule is O=S(=O)(/C=C/c1ccccc1)N1CC=C(c2ccccc2)CC1. The molecular formula is C19H19NO2S. The molecule has 0 saturated carbocycles. The molecule has 1 aliphatic rings. The van der Waals surface area contributed by atoms with Crippen LogP contribution in [0, 0.1) is 0 Å². The smallest absolute Gasteiger partial charge is 0.207 e. The van der Waals surface area contributed by atoms with Crippen molar-refractivity contribution in [1.29, 1.82) is 0 Å². The summed E-state index contributed by atoms with van der Waals surface area (Å²) in [6, 6.07) is 19.6. The molecule has 3 rings (SSSR count). The predicted molar refractivity (Wildman–Crippen MR) is 95.0 cm³/mol. The minimum absolute atomic E-state index is 0.422. The van der Waals surface area contributed by atoms with Crippen LogP contribution in [0.1, 0.15) is 17.5 Å². The fourth-order valence-corrected chi connectivity index (χ4v) is 3.74. The molecule has 3 nitrogen and oxygen atoms in total. The van der Waals surface area contributed by atoms with Crippen molar-refractivity contribution in [2.24, 2.45) is 0 Å². The second-order valence-electron chi connectivity index (χ2n) is 5.46. The van der Waals surface area contributed by atoms with E-state index in [9.17, 15) is 8.42 Å². The van der Waals surface area contributed by atoms with Crippen LogP contribution in [0.15, 0.2) is 72.1 Å². The van der Waals surface area contributed by atoms with Crippen LogP contribution in [0.5, 0.6) is 0 Å². The Morgan fingerprint density at radius 3 is 2.17 bits per heavy atom. The van der Waals surface area contributed by atoms with Crippen LogP contribution in [0.3, 0.4) is 0 Å². The Hall–Kier alpha value is -2.17. The number of sulfonamides is 1. The summed E-state index contributed by atoms with van der Waals surface area (Å²) < 4.78 is 26.3. The lowest BCUT2D eigenvalue weighted by atomic mass is 10.0. The molecule has 0 unspecified atom stereocenters. The van der Waals surface area contributed by atoms with E-state index in [1.165, 1.54) is 20.8 Å². The molecule has 0 spiro atoms. The Morgan fingerprint density at radius 2 is 1.57 bits per heavy atom. The number of nitrogens with zero attached hydrogens (tertiary/aromatic N) is 1. The molecule has 23 heavy (non-hydrogen) atoms. The lowest BCUT2D eigenvalue weighted by Gasteiger charge is -2.24. The minimum atomic E-state index is -3.38. The first-order valence-electron chi connectivity index (χ1n) is 7.63. The zero-order valence-electron chi connectivity index (χ0n) is 12.8. The number of benzene rings is 2. The maximum Gasteiger partial charge on any atom is 0.236 e. The predicted octanol–water partition coefficient (Wildman–Crippen LogP) is 3.78. The van der Waals surface area contributed by atoms with Crippen LogP contribution in [0.2, 0.25) is 0 Å². The van der Waals surface area contributed by atoms with Gasteiger partial charge in [-0.25, -0.2) is 8.42 Å². The molecular weight excluding hydrogens is 306 g/mol. The Balaban J connectivity index is 1.71. The third kappa shape index (κ3) is 3.97. The fraction of sp³-hybridized carbons (Fsp3) is 0.158. The van der Waals surface area contributed by atoms with Crippen LogP contribution >= 0.6 is 0 Å². The third-order valence-electron chi connectivity index (χ3n) is 3.91. The van der Waals surface area contributed by atoms with Crippen molar-refractivity contribution < 1.29 is 8.42 Å². The number of rotatable bonds is 4. The van der Waals surface area contributed by atoms with Crippen molar-refractivity contribution in [2.45, 2.75) is 6.42 Å². The molecule has 0 amide bonds. The highest BCUT2D eigenvalue weighted by molar-refractivity contribution is 7.92. The van der Waals surface area contributed by atoms with Crippen LogP contribution in [-0.4, -0.2) is 25.8 Å². The number of hydrogen-bond acceptors (Lipinski definition) is 2. The molecule has 118 valence electrons. The fourth-order valence-electron chi connectivity index (χ4n) is 2.61. The molecule has 0 atom stereocenters. The van der Waals surface area contributed by atoms with E-state index < -0.39 is 10.0 Å². The van der Waals surface area contributed by atoms with Crippen LogP contribution in [0.25, 0.3) is 11.6 Å². The van der Waals surface area contributed by atoms with Gasteiger partial charge in [0, 0.05) is 18.5 Å². The van der Waals surface area contributed by atoms with E-state index in [1.807, 2.05) is 54.6 Å². The molecule has 0 aromatic heterocycles. The van der Waals surface area contributed by atoms with Crippen molar-refractivity contribution in [3.63, 3.8) is 0 Å². The molecule has 0 saturated heterocycles. The monoisotopic (exact) mass is 325 g/mol. The van der Waals surface area contributed by atoms with Gasteiger partial charge in [0.1, 0.15) is 0 Å². The molecule has 4 heteroatoms. The van der Waals surface area contributed by atoms with Crippen molar-refractivity contribution in [1.82, 2.24) is 4.31 Å². The van der Waals surface area contributed by atoms with Gasteiger partial charge in [0.05, 0.1) is 0 Å². The van der Waals surface area contributed by atoms with Crippen molar-refractivity contribution in [3.8, 4) is 0 Å². The van der Waals surface area contributed by atoms with Gasteiger partial charge in [0.2, 0.25) is 10.0 Å². The molecule has 1 aliphatic heterocycles. The van der Waals surface area contributed by atoms with Gasteiger partial charge in [-0.1, -0.05) is 66.7 Å². The highest BCUT2D eigenvalue weighted by atomic mass is 32.2. The summed E-state index contributed by atoms with van der Waals surface area (Å²) in [5.41, 5.74) is 3.27. The standard InChI is InChI=1S/C19H19NO2S/c21-23(22,16-13-17-7-3-1-4-8-17)20-14-11-19(12-15-20)18-9-5-2-6-10-18/h1-11,13,16H,12,14-15H2/b16-13+. The lowest BCUT2D eigenvalue weighted by Crippen LogP contribution is -2.33. The Labute approximate surface area is 137 Å². The van der Waals surface area contributed by atoms with E-state index in [0.29, 0.717) is 13.1 Å². The van der Waals surface area contributed by atoms with Gasteiger partial charge in [-0.3, -0.25) is 0 Å². The highest BCUT2D eigenvalue weighted by Crippen LogP contribution is 2.23. The maximum absolute atomic E-state index is 12.4. The Bertz CT molecular complexity index is 809. The minimum Gasteiger partial charge on any atom is -0.207 e.